The quantitative estimate of drug-likeness (QED) is 0.460. The van der Waals surface area contributed by atoms with Gasteiger partial charge >= 0.3 is 0 Å². The predicted octanol–water partition coefficient (Wildman–Crippen LogP) is 1.91. The van der Waals surface area contributed by atoms with Gasteiger partial charge in [0.15, 0.2) is 0 Å². The zero-order valence-corrected chi connectivity index (χ0v) is 11.9. The summed E-state index contributed by atoms with van der Waals surface area (Å²) in [6.45, 7) is 5.68. The number of benzene rings is 1. The van der Waals surface area contributed by atoms with Crippen molar-refractivity contribution in [3.63, 3.8) is 0 Å². The SMILES string of the molecule is CCN(CC)c1ccc([N+](=O)[O-])cc1/C=N/n1cnnc1. The van der Waals surface area contributed by atoms with Crippen molar-refractivity contribution in [1.29, 1.82) is 0 Å². The lowest BCUT2D eigenvalue weighted by atomic mass is 10.1. The fraction of sp³-hybridized carbons (Fsp3) is 0.308. The first-order valence-electron chi connectivity index (χ1n) is 6.58. The minimum atomic E-state index is -0.415. The van der Waals surface area contributed by atoms with Crippen molar-refractivity contribution in [3.05, 3.63) is 46.5 Å². The van der Waals surface area contributed by atoms with Gasteiger partial charge in [-0.15, -0.1) is 10.2 Å². The number of hydrogen-bond acceptors (Lipinski definition) is 6. The molecule has 1 aromatic carbocycles. The summed E-state index contributed by atoms with van der Waals surface area (Å²) < 4.78 is 1.44. The highest BCUT2D eigenvalue weighted by molar-refractivity contribution is 5.89. The molecule has 2 rings (SSSR count). The van der Waals surface area contributed by atoms with Crippen LogP contribution in [0, 0.1) is 10.1 Å². The van der Waals surface area contributed by atoms with Gasteiger partial charge in [0, 0.05) is 36.5 Å². The first-order chi connectivity index (χ1) is 10.2. The highest BCUT2D eigenvalue weighted by Gasteiger charge is 2.13. The van der Waals surface area contributed by atoms with Crippen LogP contribution in [0.25, 0.3) is 0 Å². The van der Waals surface area contributed by atoms with E-state index < -0.39 is 4.92 Å². The fourth-order valence-corrected chi connectivity index (χ4v) is 1.99. The van der Waals surface area contributed by atoms with Gasteiger partial charge in [0.1, 0.15) is 12.7 Å². The van der Waals surface area contributed by atoms with Gasteiger partial charge in [-0.1, -0.05) is 0 Å². The van der Waals surface area contributed by atoms with E-state index in [0.717, 1.165) is 18.8 Å². The zero-order chi connectivity index (χ0) is 15.2. The maximum atomic E-state index is 10.9. The predicted molar refractivity (Wildman–Crippen MR) is 79.7 cm³/mol. The van der Waals surface area contributed by atoms with Crippen LogP contribution in [0.3, 0.4) is 0 Å². The highest BCUT2D eigenvalue weighted by Crippen LogP contribution is 2.24. The molecule has 8 nitrogen and oxygen atoms in total. The number of rotatable bonds is 6. The first-order valence-corrected chi connectivity index (χ1v) is 6.58. The highest BCUT2D eigenvalue weighted by atomic mass is 16.6. The number of non-ortho nitro benzene ring substituents is 1. The monoisotopic (exact) mass is 288 g/mol. The molecule has 0 aliphatic heterocycles. The van der Waals surface area contributed by atoms with Crippen molar-refractivity contribution in [1.82, 2.24) is 14.9 Å². The van der Waals surface area contributed by atoms with E-state index in [2.05, 4.69) is 20.2 Å². The molecule has 0 aliphatic rings. The van der Waals surface area contributed by atoms with Gasteiger partial charge in [0.05, 0.1) is 11.1 Å². The Morgan fingerprint density at radius 1 is 1.33 bits per heavy atom. The number of anilines is 1. The van der Waals surface area contributed by atoms with E-state index in [4.69, 9.17) is 0 Å². The maximum Gasteiger partial charge on any atom is 0.270 e. The van der Waals surface area contributed by atoms with Gasteiger partial charge in [-0.3, -0.25) is 10.1 Å². The smallest absolute Gasteiger partial charge is 0.270 e. The molecule has 0 N–H and O–H groups in total. The molecule has 0 saturated carbocycles. The largest absolute Gasteiger partial charge is 0.372 e. The van der Waals surface area contributed by atoms with E-state index in [9.17, 15) is 10.1 Å². The molecule has 0 unspecified atom stereocenters. The third-order valence-electron chi connectivity index (χ3n) is 3.06. The van der Waals surface area contributed by atoms with Gasteiger partial charge in [-0.25, -0.2) is 4.68 Å². The van der Waals surface area contributed by atoms with Crippen LogP contribution in [0.2, 0.25) is 0 Å². The van der Waals surface area contributed by atoms with E-state index in [1.165, 1.54) is 29.5 Å². The van der Waals surface area contributed by atoms with Crippen molar-refractivity contribution < 1.29 is 4.92 Å². The molecule has 0 atom stereocenters. The zero-order valence-electron chi connectivity index (χ0n) is 11.9. The number of hydrogen-bond donors (Lipinski definition) is 0. The van der Waals surface area contributed by atoms with Crippen molar-refractivity contribution in [2.45, 2.75) is 13.8 Å². The molecule has 0 radical (unpaired) electrons. The number of nitrogens with zero attached hydrogens (tertiary/aromatic N) is 6. The molecule has 21 heavy (non-hydrogen) atoms. The summed E-state index contributed by atoms with van der Waals surface area (Å²) in [5.74, 6) is 0. The van der Waals surface area contributed by atoms with Crippen LogP contribution < -0.4 is 4.90 Å². The van der Waals surface area contributed by atoms with Crippen molar-refractivity contribution in [2.24, 2.45) is 5.10 Å². The summed E-state index contributed by atoms with van der Waals surface area (Å²) in [5, 5.41) is 22.4. The Kier molecular flexibility index (Phi) is 4.60. The summed E-state index contributed by atoms with van der Waals surface area (Å²) in [5.41, 5.74) is 1.63. The molecule has 0 fully saturated rings. The van der Waals surface area contributed by atoms with Crippen molar-refractivity contribution in [3.8, 4) is 0 Å². The topological polar surface area (TPSA) is 89.5 Å². The summed E-state index contributed by atoms with van der Waals surface area (Å²) in [4.78, 5) is 12.6. The van der Waals surface area contributed by atoms with Crippen LogP contribution in [0.5, 0.6) is 0 Å². The lowest BCUT2D eigenvalue weighted by molar-refractivity contribution is -0.384. The molecule has 0 aliphatic carbocycles. The Labute approximate surface area is 121 Å². The molecule has 0 amide bonds. The Balaban J connectivity index is 2.42. The summed E-state index contributed by atoms with van der Waals surface area (Å²) in [6, 6.07) is 4.77. The van der Waals surface area contributed by atoms with Crippen LogP contribution >= 0.6 is 0 Å². The molecular formula is C13H16N6O2. The molecule has 1 heterocycles. The summed E-state index contributed by atoms with van der Waals surface area (Å²) in [7, 11) is 0. The second-order valence-corrected chi connectivity index (χ2v) is 4.26. The average Bonchev–Trinajstić information content (AvgIpc) is 3.00. The number of aromatic nitrogens is 3. The van der Waals surface area contributed by atoms with Crippen molar-refractivity contribution in [2.75, 3.05) is 18.0 Å². The fourth-order valence-electron chi connectivity index (χ4n) is 1.99. The summed E-state index contributed by atoms with van der Waals surface area (Å²) >= 11 is 0. The number of nitro benzene ring substituents is 1. The van der Waals surface area contributed by atoms with E-state index in [1.807, 2.05) is 13.8 Å². The molecule has 110 valence electrons. The van der Waals surface area contributed by atoms with E-state index in [0.29, 0.717) is 5.56 Å². The summed E-state index contributed by atoms with van der Waals surface area (Å²) in [6.07, 6.45) is 4.47. The van der Waals surface area contributed by atoms with Crippen LogP contribution in [0.1, 0.15) is 19.4 Å². The Morgan fingerprint density at radius 2 is 2.00 bits per heavy atom. The third-order valence-corrected chi connectivity index (χ3v) is 3.06. The Hall–Kier alpha value is -2.77. The second kappa shape index (κ2) is 6.60. The molecule has 8 heteroatoms. The lowest BCUT2D eigenvalue weighted by Crippen LogP contribution is -2.23. The molecule has 2 aromatic rings. The van der Waals surface area contributed by atoms with Gasteiger partial charge in [0.2, 0.25) is 0 Å². The molecule has 0 saturated heterocycles. The van der Waals surface area contributed by atoms with Crippen LogP contribution in [-0.4, -0.2) is 39.1 Å². The van der Waals surface area contributed by atoms with Gasteiger partial charge in [-0.2, -0.15) is 5.10 Å². The molecular weight excluding hydrogens is 272 g/mol. The normalized spacial score (nSPS) is 11.0. The van der Waals surface area contributed by atoms with Gasteiger partial charge < -0.3 is 4.90 Å². The third kappa shape index (κ3) is 3.41. The molecule has 0 spiro atoms. The van der Waals surface area contributed by atoms with Crippen LogP contribution in [0.15, 0.2) is 36.0 Å². The molecule has 1 aromatic heterocycles. The molecule has 0 bridgehead atoms. The van der Waals surface area contributed by atoms with E-state index >= 15 is 0 Å². The number of nitro groups is 1. The minimum absolute atomic E-state index is 0.0381. The average molecular weight is 288 g/mol. The minimum Gasteiger partial charge on any atom is -0.372 e. The standard InChI is InChI=1S/C13H16N6O2/c1-3-17(4-2)13-6-5-12(19(20)21)7-11(13)8-16-18-9-14-15-10-18/h5-10H,3-4H2,1-2H3/b16-8+. The van der Waals surface area contributed by atoms with Gasteiger partial charge in [-0.05, 0) is 19.9 Å². The van der Waals surface area contributed by atoms with Crippen LogP contribution in [0.4, 0.5) is 11.4 Å². The Morgan fingerprint density at radius 3 is 2.57 bits per heavy atom. The lowest BCUT2D eigenvalue weighted by Gasteiger charge is -2.22. The van der Waals surface area contributed by atoms with E-state index in [1.54, 1.807) is 12.3 Å². The Bertz CT molecular complexity index is 634. The van der Waals surface area contributed by atoms with Gasteiger partial charge in [0.25, 0.3) is 5.69 Å². The van der Waals surface area contributed by atoms with E-state index in [-0.39, 0.29) is 5.69 Å². The second-order valence-electron chi connectivity index (χ2n) is 4.26. The van der Waals surface area contributed by atoms with Crippen molar-refractivity contribution >= 4 is 17.6 Å². The first kappa shape index (κ1) is 14.6. The maximum absolute atomic E-state index is 10.9. The van der Waals surface area contributed by atoms with Crippen LogP contribution in [-0.2, 0) is 0 Å².